The smallest absolute Gasteiger partial charge is 0.0398 e. The number of fused-ring (bicyclic) bond motifs is 1. The summed E-state index contributed by atoms with van der Waals surface area (Å²) in [6.07, 6.45) is 6.65. The third-order valence-electron chi connectivity index (χ3n) is 4.78. The van der Waals surface area contributed by atoms with Crippen molar-refractivity contribution < 1.29 is 0 Å². The van der Waals surface area contributed by atoms with Crippen molar-refractivity contribution in [3.63, 3.8) is 0 Å². The molecule has 18 heavy (non-hydrogen) atoms. The second-order valence-electron chi connectivity index (χ2n) is 5.87. The predicted octanol–water partition coefficient (Wildman–Crippen LogP) is 2.81. The molecule has 0 bridgehead atoms. The van der Waals surface area contributed by atoms with Gasteiger partial charge in [0.2, 0.25) is 0 Å². The highest BCUT2D eigenvalue weighted by atomic mass is 15.1. The number of nitrogens with zero attached hydrogens (tertiary/aromatic N) is 1. The molecule has 2 unspecified atom stereocenters. The first-order chi connectivity index (χ1) is 8.88. The highest BCUT2D eigenvalue weighted by molar-refractivity contribution is 5.55. The van der Waals surface area contributed by atoms with E-state index in [-0.39, 0.29) is 0 Å². The topological polar surface area (TPSA) is 29.3 Å². The Balaban J connectivity index is 1.74. The van der Waals surface area contributed by atoms with E-state index >= 15 is 0 Å². The number of nitrogens with two attached hydrogens (primary N) is 1. The van der Waals surface area contributed by atoms with Gasteiger partial charge in [-0.15, -0.1) is 0 Å². The maximum absolute atomic E-state index is 5.91. The first kappa shape index (κ1) is 12.0. The largest absolute Gasteiger partial charge is 0.371 e. The molecule has 1 aromatic carbocycles. The van der Waals surface area contributed by atoms with Gasteiger partial charge in [0.15, 0.2) is 0 Å². The van der Waals surface area contributed by atoms with E-state index in [9.17, 15) is 0 Å². The molecular formula is C16H24N2. The van der Waals surface area contributed by atoms with E-state index < -0.39 is 0 Å². The lowest BCUT2D eigenvalue weighted by Crippen LogP contribution is -2.36. The van der Waals surface area contributed by atoms with Crippen LogP contribution in [0.5, 0.6) is 0 Å². The van der Waals surface area contributed by atoms with Crippen LogP contribution >= 0.6 is 0 Å². The summed E-state index contributed by atoms with van der Waals surface area (Å²) in [4.78, 5) is 2.61. The molecule has 1 aromatic rings. The van der Waals surface area contributed by atoms with Crippen molar-refractivity contribution in [2.75, 3.05) is 24.5 Å². The normalized spacial score (nSPS) is 27.3. The van der Waals surface area contributed by atoms with Crippen molar-refractivity contribution >= 4 is 5.69 Å². The van der Waals surface area contributed by atoms with Crippen LogP contribution < -0.4 is 10.6 Å². The Labute approximate surface area is 110 Å². The minimum Gasteiger partial charge on any atom is -0.371 e. The highest BCUT2D eigenvalue weighted by Gasteiger charge is 2.29. The SMILES string of the molecule is NCC1CCCC1CN1CCCc2ccccc21. The molecule has 1 aliphatic carbocycles. The summed E-state index contributed by atoms with van der Waals surface area (Å²) in [6, 6.07) is 8.92. The molecule has 0 spiro atoms. The van der Waals surface area contributed by atoms with Gasteiger partial charge >= 0.3 is 0 Å². The van der Waals surface area contributed by atoms with Gasteiger partial charge in [-0.2, -0.15) is 0 Å². The van der Waals surface area contributed by atoms with Gasteiger partial charge in [-0.25, -0.2) is 0 Å². The van der Waals surface area contributed by atoms with Gasteiger partial charge in [0.1, 0.15) is 0 Å². The van der Waals surface area contributed by atoms with Crippen molar-refractivity contribution in [1.82, 2.24) is 0 Å². The molecule has 0 aromatic heterocycles. The minimum absolute atomic E-state index is 0.763. The van der Waals surface area contributed by atoms with Crippen LogP contribution in [0.4, 0.5) is 5.69 Å². The molecule has 1 aliphatic heterocycles. The van der Waals surface area contributed by atoms with Crippen molar-refractivity contribution in [2.24, 2.45) is 17.6 Å². The Bertz CT molecular complexity index is 402. The zero-order valence-electron chi connectivity index (χ0n) is 11.1. The van der Waals surface area contributed by atoms with Crippen LogP contribution in [0.25, 0.3) is 0 Å². The van der Waals surface area contributed by atoms with Crippen LogP contribution in [0.3, 0.4) is 0 Å². The second kappa shape index (κ2) is 5.31. The lowest BCUT2D eigenvalue weighted by Gasteiger charge is -2.34. The lowest BCUT2D eigenvalue weighted by atomic mass is 9.93. The number of hydrogen-bond acceptors (Lipinski definition) is 2. The molecule has 2 N–H and O–H groups in total. The third-order valence-corrected chi connectivity index (χ3v) is 4.78. The Morgan fingerprint density at radius 3 is 2.83 bits per heavy atom. The number of para-hydroxylation sites is 1. The van der Waals surface area contributed by atoms with Gasteiger partial charge in [0.25, 0.3) is 0 Å². The summed E-state index contributed by atoms with van der Waals surface area (Å²) in [6.45, 7) is 3.32. The molecule has 2 aliphatic rings. The Kier molecular flexibility index (Phi) is 3.55. The fourth-order valence-electron chi connectivity index (χ4n) is 3.75. The van der Waals surface area contributed by atoms with Crippen molar-refractivity contribution in [3.05, 3.63) is 29.8 Å². The van der Waals surface area contributed by atoms with Crippen LogP contribution in [0.15, 0.2) is 24.3 Å². The monoisotopic (exact) mass is 244 g/mol. The number of rotatable bonds is 3. The maximum Gasteiger partial charge on any atom is 0.0398 e. The molecule has 0 amide bonds. The maximum atomic E-state index is 5.91. The summed E-state index contributed by atoms with van der Waals surface area (Å²) >= 11 is 0. The molecule has 2 heteroatoms. The van der Waals surface area contributed by atoms with Crippen LogP contribution in [0.1, 0.15) is 31.2 Å². The number of anilines is 1. The fraction of sp³-hybridized carbons (Fsp3) is 0.625. The van der Waals surface area contributed by atoms with Crippen LogP contribution in [-0.2, 0) is 6.42 Å². The van der Waals surface area contributed by atoms with E-state index in [1.54, 1.807) is 0 Å². The van der Waals surface area contributed by atoms with Gasteiger partial charge < -0.3 is 10.6 Å². The molecule has 3 rings (SSSR count). The van der Waals surface area contributed by atoms with E-state index in [4.69, 9.17) is 5.73 Å². The third kappa shape index (κ3) is 2.26. The van der Waals surface area contributed by atoms with Gasteiger partial charge in [0, 0.05) is 18.8 Å². The van der Waals surface area contributed by atoms with Crippen molar-refractivity contribution in [3.8, 4) is 0 Å². The van der Waals surface area contributed by atoms with Crippen molar-refractivity contribution in [2.45, 2.75) is 32.1 Å². The Morgan fingerprint density at radius 2 is 1.94 bits per heavy atom. The Hall–Kier alpha value is -1.02. The molecule has 2 atom stereocenters. The summed E-state index contributed by atoms with van der Waals surface area (Å²) < 4.78 is 0. The highest BCUT2D eigenvalue weighted by Crippen LogP contribution is 2.34. The first-order valence-corrected chi connectivity index (χ1v) is 7.41. The standard InChI is InChI=1S/C16H24N2/c17-11-14-6-3-7-15(14)12-18-10-4-8-13-5-1-2-9-16(13)18/h1-2,5,9,14-15H,3-4,6-8,10-12,17H2. The van der Waals surface area contributed by atoms with E-state index in [0.717, 1.165) is 18.4 Å². The summed E-state index contributed by atoms with van der Waals surface area (Å²) in [5.41, 5.74) is 8.92. The fourth-order valence-corrected chi connectivity index (χ4v) is 3.75. The molecule has 98 valence electrons. The molecule has 0 saturated heterocycles. The van der Waals surface area contributed by atoms with Crippen molar-refractivity contribution in [1.29, 1.82) is 0 Å². The van der Waals surface area contributed by atoms with Crippen LogP contribution in [0, 0.1) is 11.8 Å². The van der Waals surface area contributed by atoms with Crippen LogP contribution in [-0.4, -0.2) is 19.6 Å². The molecule has 1 heterocycles. The summed E-state index contributed by atoms with van der Waals surface area (Å²) in [7, 11) is 0. The van der Waals surface area contributed by atoms with Crippen LogP contribution in [0.2, 0.25) is 0 Å². The van der Waals surface area contributed by atoms with E-state index in [1.165, 1.54) is 56.4 Å². The van der Waals surface area contributed by atoms with E-state index in [2.05, 4.69) is 29.2 Å². The molecule has 0 radical (unpaired) electrons. The summed E-state index contributed by atoms with van der Waals surface area (Å²) in [5, 5.41) is 0. The Morgan fingerprint density at radius 1 is 1.11 bits per heavy atom. The molecule has 1 fully saturated rings. The molecule has 2 nitrogen and oxygen atoms in total. The van der Waals surface area contributed by atoms with E-state index in [0.29, 0.717) is 0 Å². The molecule has 1 saturated carbocycles. The predicted molar refractivity (Wildman–Crippen MR) is 76.9 cm³/mol. The van der Waals surface area contributed by atoms with Gasteiger partial charge in [-0.05, 0) is 55.7 Å². The first-order valence-electron chi connectivity index (χ1n) is 7.41. The zero-order valence-corrected chi connectivity index (χ0v) is 11.1. The van der Waals surface area contributed by atoms with Gasteiger partial charge in [0.05, 0.1) is 0 Å². The average molecular weight is 244 g/mol. The zero-order chi connectivity index (χ0) is 12.4. The van der Waals surface area contributed by atoms with Gasteiger partial charge in [-0.1, -0.05) is 24.6 Å². The average Bonchev–Trinajstić information content (AvgIpc) is 2.86. The molecular weight excluding hydrogens is 220 g/mol. The number of hydrogen-bond donors (Lipinski definition) is 1. The lowest BCUT2D eigenvalue weighted by molar-refractivity contribution is 0.391. The van der Waals surface area contributed by atoms with E-state index in [1.807, 2.05) is 0 Å². The van der Waals surface area contributed by atoms with Gasteiger partial charge in [-0.3, -0.25) is 0 Å². The summed E-state index contributed by atoms with van der Waals surface area (Å²) in [5.74, 6) is 1.58. The number of benzene rings is 1. The second-order valence-corrected chi connectivity index (χ2v) is 5.87. The minimum atomic E-state index is 0.763. The number of aryl methyl sites for hydroxylation is 1. The quantitative estimate of drug-likeness (QED) is 0.886.